The van der Waals surface area contributed by atoms with Crippen molar-refractivity contribution in [1.82, 2.24) is 14.9 Å². The van der Waals surface area contributed by atoms with E-state index in [2.05, 4.69) is 20.1 Å². The number of nitrogens with zero attached hydrogens (tertiary/aromatic N) is 4. The van der Waals surface area contributed by atoms with Crippen LogP contribution in [0.15, 0.2) is 24.4 Å². The van der Waals surface area contributed by atoms with Crippen LogP contribution in [0.1, 0.15) is 31.4 Å². The third-order valence-corrected chi connectivity index (χ3v) is 7.17. The van der Waals surface area contributed by atoms with Gasteiger partial charge < -0.3 is 20.2 Å². The van der Waals surface area contributed by atoms with Gasteiger partial charge in [-0.3, -0.25) is 0 Å². The minimum atomic E-state index is -0.0890. The number of hydrogen-bond donors (Lipinski definition) is 2. The molecule has 168 valence electrons. The molecular weight excluding hydrogens is 457 g/mol. The summed E-state index contributed by atoms with van der Waals surface area (Å²) in [4.78, 5) is 13.7. The number of β-amino-alcohol motifs (C(OH)–C–C–N with tert-alkyl or cyclic N) is 1. The first-order valence-corrected chi connectivity index (χ1v) is 11.9. The molecule has 0 saturated carbocycles. The summed E-state index contributed by atoms with van der Waals surface area (Å²) in [5.41, 5.74) is 0.927. The Morgan fingerprint density at radius 3 is 2.71 bits per heavy atom. The molecule has 6 nitrogen and oxygen atoms in total. The first-order valence-electron chi connectivity index (χ1n) is 10.8. The molecule has 0 spiro atoms. The third kappa shape index (κ3) is 5.37. The highest BCUT2D eigenvalue weighted by atomic mass is 35.5. The van der Waals surface area contributed by atoms with Crippen LogP contribution in [0.4, 0.5) is 11.8 Å². The van der Waals surface area contributed by atoms with Crippen LogP contribution in [0.2, 0.25) is 15.1 Å². The van der Waals surface area contributed by atoms with Gasteiger partial charge in [-0.15, -0.1) is 0 Å². The fourth-order valence-electron chi connectivity index (χ4n) is 4.54. The summed E-state index contributed by atoms with van der Waals surface area (Å²) in [5.74, 6) is 2.61. The van der Waals surface area contributed by atoms with Gasteiger partial charge in [0.05, 0.1) is 18.8 Å². The van der Waals surface area contributed by atoms with Gasteiger partial charge in [-0.05, 0) is 55.8 Å². The van der Waals surface area contributed by atoms with Crippen LogP contribution in [0.25, 0.3) is 0 Å². The van der Waals surface area contributed by atoms with E-state index in [9.17, 15) is 5.11 Å². The average Bonchev–Trinajstić information content (AvgIpc) is 2.70. The van der Waals surface area contributed by atoms with Crippen LogP contribution < -0.4 is 10.2 Å². The van der Waals surface area contributed by atoms with Crippen molar-refractivity contribution in [2.75, 3.05) is 49.5 Å². The normalized spacial score (nSPS) is 21.1. The number of nitrogens with one attached hydrogen (secondary N) is 1. The summed E-state index contributed by atoms with van der Waals surface area (Å²) < 4.78 is 0. The summed E-state index contributed by atoms with van der Waals surface area (Å²) in [7, 11) is 0. The van der Waals surface area contributed by atoms with E-state index < -0.39 is 0 Å². The second kappa shape index (κ2) is 10.1. The number of aromatic nitrogens is 2. The molecule has 3 heterocycles. The third-order valence-electron chi connectivity index (χ3n) is 6.33. The molecule has 2 fully saturated rings. The monoisotopic (exact) mass is 483 g/mol. The second-order valence-corrected chi connectivity index (χ2v) is 9.74. The molecular formula is C22H28Cl3N5O. The minimum Gasteiger partial charge on any atom is -0.395 e. The lowest BCUT2D eigenvalue weighted by molar-refractivity contribution is 0.101. The average molecular weight is 485 g/mol. The number of likely N-dealkylation sites (tertiary alicyclic amines) is 1. The lowest BCUT2D eigenvalue weighted by atomic mass is 9.81. The van der Waals surface area contributed by atoms with Crippen molar-refractivity contribution in [3.63, 3.8) is 0 Å². The van der Waals surface area contributed by atoms with E-state index in [0.29, 0.717) is 38.7 Å². The molecule has 9 heteroatoms. The summed E-state index contributed by atoms with van der Waals surface area (Å²) >= 11 is 18.7. The number of benzene rings is 1. The molecule has 2 saturated heterocycles. The van der Waals surface area contributed by atoms with E-state index in [1.54, 1.807) is 12.3 Å². The quantitative estimate of drug-likeness (QED) is 0.591. The van der Waals surface area contributed by atoms with E-state index >= 15 is 0 Å². The number of aliphatic hydroxyl groups excluding tert-OH is 1. The van der Waals surface area contributed by atoms with Crippen molar-refractivity contribution in [3.05, 3.63) is 45.0 Å². The largest absolute Gasteiger partial charge is 0.395 e. The number of piperidine rings is 1. The fourth-order valence-corrected chi connectivity index (χ4v) is 5.26. The maximum absolute atomic E-state index is 9.22. The zero-order valence-corrected chi connectivity index (χ0v) is 19.8. The molecule has 1 aromatic carbocycles. The molecule has 0 bridgehead atoms. The number of anilines is 2. The zero-order chi connectivity index (χ0) is 22.0. The zero-order valence-electron chi connectivity index (χ0n) is 17.6. The summed E-state index contributed by atoms with van der Waals surface area (Å²) in [6, 6.07) is 5.37. The van der Waals surface area contributed by atoms with Gasteiger partial charge in [-0.25, -0.2) is 4.98 Å². The molecule has 2 atom stereocenters. The Labute approximate surface area is 198 Å². The number of hydrogen-bond acceptors (Lipinski definition) is 6. The fraction of sp³-hybridized carbons (Fsp3) is 0.545. The lowest BCUT2D eigenvalue weighted by Crippen LogP contribution is -2.54. The molecule has 31 heavy (non-hydrogen) atoms. The molecule has 1 aromatic heterocycles. The Morgan fingerprint density at radius 2 is 1.97 bits per heavy atom. The van der Waals surface area contributed by atoms with Crippen LogP contribution in [0.3, 0.4) is 0 Å². The first-order chi connectivity index (χ1) is 14.9. The van der Waals surface area contributed by atoms with Gasteiger partial charge in [0, 0.05) is 36.2 Å². The molecule has 0 aliphatic carbocycles. The van der Waals surface area contributed by atoms with Crippen molar-refractivity contribution in [2.45, 2.75) is 25.8 Å². The van der Waals surface area contributed by atoms with Crippen molar-refractivity contribution in [3.8, 4) is 0 Å². The topological polar surface area (TPSA) is 64.5 Å². The SMILES string of the molecule is CC(Nc1nc(N2CC([C@H]3CCCN(CCO)C3)C2)ncc1Cl)c1ccc(Cl)cc1Cl. The van der Waals surface area contributed by atoms with Gasteiger partial charge in [0.15, 0.2) is 5.82 Å². The molecule has 4 rings (SSSR count). The predicted octanol–water partition coefficient (Wildman–Crippen LogP) is 4.75. The van der Waals surface area contributed by atoms with Gasteiger partial charge in [-0.1, -0.05) is 40.9 Å². The Hall–Kier alpha value is -1.31. The maximum atomic E-state index is 9.22. The summed E-state index contributed by atoms with van der Waals surface area (Å²) in [6.07, 6.45) is 4.12. The number of halogens is 3. The van der Waals surface area contributed by atoms with E-state index in [1.807, 2.05) is 19.1 Å². The van der Waals surface area contributed by atoms with Gasteiger partial charge in [0.25, 0.3) is 0 Å². The highest BCUT2D eigenvalue weighted by Crippen LogP contribution is 2.35. The van der Waals surface area contributed by atoms with Gasteiger partial charge in [-0.2, -0.15) is 4.98 Å². The smallest absolute Gasteiger partial charge is 0.227 e. The highest BCUT2D eigenvalue weighted by Gasteiger charge is 2.37. The molecule has 0 radical (unpaired) electrons. The van der Waals surface area contributed by atoms with Crippen molar-refractivity contribution in [2.24, 2.45) is 11.8 Å². The van der Waals surface area contributed by atoms with Crippen LogP contribution in [-0.2, 0) is 0 Å². The van der Waals surface area contributed by atoms with Crippen LogP contribution in [-0.4, -0.2) is 59.3 Å². The standard InChI is InChI=1S/C22H28Cl3N5O/c1-14(18-5-4-17(23)9-19(18)24)27-21-20(25)10-26-22(28-21)30-12-16(13-30)15-3-2-6-29(11-15)7-8-31/h4-5,9-10,14-16,31H,2-3,6-8,11-13H2,1H3,(H,26,27,28)/t14?,15-/m0/s1. The molecule has 2 aliphatic heterocycles. The Bertz CT molecular complexity index is 907. The second-order valence-electron chi connectivity index (χ2n) is 8.49. The van der Waals surface area contributed by atoms with E-state index in [-0.39, 0.29) is 12.6 Å². The van der Waals surface area contributed by atoms with Crippen molar-refractivity contribution in [1.29, 1.82) is 0 Å². The molecule has 2 aromatic rings. The van der Waals surface area contributed by atoms with E-state index in [0.717, 1.165) is 38.3 Å². The van der Waals surface area contributed by atoms with Crippen LogP contribution >= 0.6 is 34.8 Å². The van der Waals surface area contributed by atoms with Gasteiger partial charge >= 0.3 is 0 Å². The highest BCUT2D eigenvalue weighted by molar-refractivity contribution is 6.35. The molecule has 2 aliphatic rings. The van der Waals surface area contributed by atoms with E-state index in [1.165, 1.54) is 12.8 Å². The minimum absolute atomic E-state index is 0.0890. The predicted molar refractivity (Wildman–Crippen MR) is 127 cm³/mol. The van der Waals surface area contributed by atoms with Crippen LogP contribution in [0.5, 0.6) is 0 Å². The van der Waals surface area contributed by atoms with Crippen LogP contribution in [0, 0.1) is 11.8 Å². The lowest BCUT2D eigenvalue weighted by Gasteiger charge is -2.46. The number of rotatable bonds is 7. The Balaban J connectivity index is 1.38. The van der Waals surface area contributed by atoms with Gasteiger partial charge in [0.2, 0.25) is 5.95 Å². The van der Waals surface area contributed by atoms with E-state index in [4.69, 9.17) is 39.8 Å². The molecule has 0 amide bonds. The summed E-state index contributed by atoms with van der Waals surface area (Å²) in [6.45, 7) is 7.10. The number of aliphatic hydroxyl groups is 1. The van der Waals surface area contributed by atoms with Crippen molar-refractivity contribution < 1.29 is 5.11 Å². The molecule has 2 N–H and O–H groups in total. The summed E-state index contributed by atoms with van der Waals surface area (Å²) in [5, 5.41) is 14.3. The van der Waals surface area contributed by atoms with Crippen molar-refractivity contribution >= 4 is 46.6 Å². The first kappa shape index (κ1) is 22.9. The Kier molecular flexibility index (Phi) is 7.44. The maximum Gasteiger partial charge on any atom is 0.227 e. The van der Waals surface area contributed by atoms with Gasteiger partial charge in [0.1, 0.15) is 5.02 Å². The Morgan fingerprint density at radius 1 is 1.16 bits per heavy atom. The molecule has 1 unspecified atom stereocenters.